The van der Waals surface area contributed by atoms with Crippen LogP contribution in [0.4, 0.5) is 22.7 Å². The number of rotatable bonds is 5. The number of fused-ring (bicyclic) bond motifs is 2. The lowest BCUT2D eigenvalue weighted by Gasteiger charge is -2.19. The van der Waals surface area contributed by atoms with Crippen LogP contribution in [0.3, 0.4) is 0 Å². The summed E-state index contributed by atoms with van der Waals surface area (Å²) in [6.45, 7) is 4.23. The molecule has 0 saturated heterocycles. The molecule has 3 heteroatoms. The van der Waals surface area contributed by atoms with Crippen LogP contribution in [-0.2, 0) is 0 Å². The summed E-state index contributed by atoms with van der Waals surface area (Å²) in [7, 11) is 0. The summed E-state index contributed by atoms with van der Waals surface area (Å²) in [4.78, 5) is 0. The summed E-state index contributed by atoms with van der Waals surface area (Å²) in [6.07, 6.45) is 0. The molecule has 0 aromatic heterocycles. The highest BCUT2D eigenvalue weighted by Gasteiger charge is 2.10. The highest BCUT2D eigenvalue weighted by molar-refractivity contribution is 6.03. The second-order valence-electron chi connectivity index (χ2n) is 7.99. The topological polar surface area (TPSA) is 36.1 Å². The first-order valence-electron chi connectivity index (χ1n) is 10.5. The molecule has 3 N–H and O–H groups in total. The minimum absolute atomic E-state index is 1.02. The van der Waals surface area contributed by atoms with Crippen molar-refractivity contribution >= 4 is 44.3 Å². The molecule has 5 aromatic rings. The molecule has 152 valence electrons. The summed E-state index contributed by atoms with van der Waals surface area (Å²) in [5, 5.41) is 8.43. The van der Waals surface area contributed by atoms with Gasteiger partial charge in [-0.25, -0.2) is 0 Å². The minimum Gasteiger partial charge on any atom is -0.353 e. The van der Waals surface area contributed by atoms with Crippen LogP contribution in [-0.4, -0.2) is 0 Å². The number of benzene rings is 5. The molecule has 0 aliphatic rings. The van der Waals surface area contributed by atoms with Crippen LogP contribution >= 0.6 is 0 Å². The van der Waals surface area contributed by atoms with E-state index in [2.05, 4.69) is 127 Å². The Morgan fingerprint density at radius 1 is 0.516 bits per heavy atom. The van der Waals surface area contributed by atoms with E-state index < -0.39 is 0 Å². The number of nitrogens with one attached hydrogen (secondary N) is 3. The van der Waals surface area contributed by atoms with Gasteiger partial charge in [-0.2, -0.15) is 0 Å². The summed E-state index contributed by atoms with van der Waals surface area (Å²) in [6, 6.07) is 34.0. The molecule has 0 heterocycles. The molecule has 5 rings (SSSR count). The Bertz CT molecular complexity index is 1360. The zero-order valence-electron chi connectivity index (χ0n) is 17.7. The van der Waals surface area contributed by atoms with Crippen LogP contribution in [0.2, 0.25) is 0 Å². The zero-order chi connectivity index (χ0) is 21.2. The van der Waals surface area contributed by atoms with E-state index in [0.717, 1.165) is 28.1 Å². The predicted molar refractivity (Wildman–Crippen MR) is 134 cm³/mol. The van der Waals surface area contributed by atoms with Gasteiger partial charge in [-0.05, 0) is 60.0 Å². The summed E-state index contributed by atoms with van der Waals surface area (Å²) in [5.41, 5.74) is 13.5. The monoisotopic (exact) mass is 403 g/mol. The maximum Gasteiger partial charge on any atom is 0.0853 e. The van der Waals surface area contributed by atoms with Gasteiger partial charge in [-0.3, -0.25) is 5.43 Å². The molecule has 3 nitrogen and oxygen atoms in total. The van der Waals surface area contributed by atoms with Crippen molar-refractivity contribution in [2.75, 3.05) is 16.2 Å². The van der Waals surface area contributed by atoms with E-state index in [0.29, 0.717) is 0 Å². The molecule has 0 radical (unpaired) electrons. The molecule has 0 saturated carbocycles. The molecule has 0 aliphatic carbocycles. The summed E-state index contributed by atoms with van der Waals surface area (Å²) in [5.74, 6) is 0. The molecular formula is C28H25N3. The molecule has 5 aromatic carbocycles. The maximum atomic E-state index is 3.66. The van der Waals surface area contributed by atoms with Crippen molar-refractivity contribution in [2.24, 2.45) is 0 Å². The second-order valence-corrected chi connectivity index (χ2v) is 7.99. The standard InChI is InChI=1S/C28H25N3/c1-19-16-20(2)18-23(17-19)30-31-28-25-12-6-4-9-22(25)14-15-27(28)29-26-13-7-10-21-8-3-5-11-24(21)26/h3-18,29-31H,1-2H3. The number of anilines is 4. The van der Waals surface area contributed by atoms with Gasteiger partial charge in [0, 0.05) is 16.5 Å². The van der Waals surface area contributed by atoms with E-state index in [1.54, 1.807) is 0 Å². The summed E-state index contributed by atoms with van der Waals surface area (Å²) < 4.78 is 0. The zero-order valence-corrected chi connectivity index (χ0v) is 17.7. The third kappa shape index (κ3) is 3.90. The average Bonchev–Trinajstić information content (AvgIpc) is 2.78. The fraction of sp³-hybridized carbons (Fsp3) is 0.0714. The van der Waals surface area contributed by atoms with Gasteiger partial charge < -0.3 is 10.7 Å². The van der Waals surface area contributed by atoms with E-state index in [-0.39, 0.29) is 0 Å². The Kier molecular flexibility index (Phi) is 4.93. The second kappa shape index (κ2) is 8.04. The van der Waals surface area contributed by atoms with Gasteiger partial charge in [0.2, 0.25) is 0 Å². The van der Waals surface area contributed by atoms with Crippen molar-refractivity contribution in [3.05, 3.63) is 108 Å². The van der Waals surface area contributed by atoms with Crippen LogP contribution in [0.5, 0.6) is 0 Å². The smallest absolute Gasteiger partial charge is 0.0853 e. The third-order valence-electron chi connectivity index (χ3n) is 5.54. The highest BCUT2D eigenvalue weighted by Crippen LogP contribution is 2.35. The maximum absolute atomic E-state index is 3.66. The first-order valence-corrected chi connectivity index (χ1v) is 10.5. The lowest BCUT2D eigenvalue weighted by Crippen LogP contribution is -2.11. The third-order valence-corrected chi connectivity index (χ3v) is 5.54. The van der Waals surface area contributed by atoms with E-state index in [4.69, 9.17) is 0 Å². The number of aryl methyl sites for hydroxylation is 2. The number of hydrazine groups is 1. The Morgan fingerprint density at radius 2 is 1.16 bits per heavy atom. The molecule has 0 aliphatic heterocycles. The fourth-order valence-electron chi connectivity index (χ4n) is 4.17. The van der Waals surface area contributed by atoms with E-state index >= 15 is 0 Å². The molecule has 0 fully saturated rings. The van der Waals surface area contributed by atoms with Crippen molar-refractivity contribution in [1.82, 2.24) is 0 Å². The van der Waals surface area contributed by atoms with Crippen LogP contribution in [0.1, 0.15) is 11.1 Å². The van der Waals surface area contributed by atoms with Gasteiger partial charge in [0.05, 0.1) is 17.1 Å². The largest absolute Gasteiger partial charge is 0.353 e. The van der Waals surface area contributed by atoms with Crippen molar-refractivity contribution in [3.8, 4) is 0 Å². The fourth-order valence-corrected chi connectivity index (χ4v) is 4.17. The van der Waals surface area contributed by atoms with Crippen LogP contribution < -0.4 is 16.2 Å². The predicted octanol–water partition coefficient (Wildman–Crippen LogP) is 7.79. The molecule has 31 heavy (non-hydrogen) atoms. The van der Waals surface area contributed by atoms with Gasteiger partial charge in [-0.15, -0.1) is 0 Å². The summed E-state index contributed by atoms with van der Waals surface area (Å²) >= 11 is 0. The molecule has 0 atom stereocenters. The molecule has 0 bridgehead atoms. The van der Waals surface area contributed by atoms with Gasteiger partial charge in [0.25, 0.3) is 0 Å². The van der Waals surface area contributed by atoms with E-state index in [1.165, 1.54) is 27.3 Å². The van der Waals surface area contributed by atoms with Crippen LogP contribution in [0.25, 0.3) is 21.5 Å². The molecule has 0 unspecified atom stereocenters. The highest BCUT2D eigenvalue weighted by atomic mass is 15.4. The molecule has 0 amide bonds. The van der Waals surface area contributed by atoms with Gasteiger partial charge in [0.1, 0.15) is 0 Å². The van der Waals surface area contributed by atoms with Crippen molar-refractivity contribution in [1.29, 1.82) is 0 Å². The van der Waals surface area contributed by atoms with Gasteiger partial charge >= 0.3 is 0 Å². The Morgan fingerprint density at radius 3 is 1.94 bits per heavy atom. The Labute approximate surface area is 182 Å². The normalized spacial score (nSPS) is 10.9. The van der Waals surface area contributed by atoms with Crippen molar-refractivity contribution in [2.45, 2.75) is 13.8 Å². The minimum atomic E-state index is 1.02. The van der Waals surface area contributed by atoms with Gasteiger partial charge in [0.15, 0.2) is 0 Å². The van der Waals surface area contributed by atoms with Crippen LogP contribution in [0, 0.1) is 13.8 Å². The molecular weight excluding hydrogens is 378 g/mol. The number of hydrogen-bond acceptors (Lipinski definition) is 3. The lowest BCUT2D eigenvalue weighted by atomic mass is 10.1. The SMILES string of the molecule is Cc1cc(C)cc(NNc2c(Nc3cccc4ccccc34)ccc3ccccc23)c1. The first-order chi connectivity index (χ1) is 15.2. The average molecular weight is 404 g/mol. The van der Waals surface area contributed by atoms with Crippen molar-refractivity contribution < 1.29 is 0 Å². The quantitative estimate of drug-likeness (QED) is 0.262. The van der Waals surface area contributed by atoms with Crippen molar-refractivity contribution in [3.63, 3.8) is 0 Å². The molecule has 0 spiro atoms. The van der Waals surface area contributed by atoms with E-state index in [9.17, 15) is 0 Å². The van der Waals surface area contributed by atoms with E-state index in [1.807, 2.05) is 0 Å². The van der Waals surface area contributed by atoms with Crippen LogP contribution in [0.15, 0.2) is 97.1 Å². The van der Waals surface area contributed by atoms with Gasteiger partial charge in [-0.1, -0.05) is 72.8 Å². The lowest BCUT2D eigenvalue weighted by molar-refractivity contribution is 1.34. The Balaban J connectivity index is 1.56. The Hall–Kier alpha value is -3.98. The first kappa shape index (κ1) is 19.0. The number of hydrogen-bond donors (Lipinski definition) is 3.